The van der Waals surface area contributed by atoms with Gasteiger partial charge in [-0.3, -0.25) is 4.79 Å². The number of ether oxygens (including phenoxy) is 1. The number of nitriles is 1. The summed E-state index contributed by atoms with van der Waals surface area (Å²) >= 11 is 0. The SMILES string of the molecule is COC(=O)/C(C#N)=C(\O)c1ccccc1NC(C)=O. The third-order valence-corrected chi connectivity index (χ3v) is 2.23. The standard InChI is InChI=1S/C13H12N2O4/c1-8(16)15-11-6-4-3-5-9(11)12(17)10(7-14)13(18)19-2/h3-6,17H,1-2H3,(H,15,16)/b12-10-. The van der Waals surface area contributed by atoms with E-state index in [4.69, 9.17) is 5.26 Å². The van der Waals surface area contributed by atoms with E-state index in [-0.39, 0.29) is 11.5 Å². The maximum Gasteiger partial charge on any atom is 0.352 e. The molecular weight excluding hydrogens is 248 g/mol. The summed E-state index contributed by atoms with van der Waals surface area (Å²) in [5.74, 6) is -1.83. The number of rotatable bonds is 3. The van der Waals surface area contributed by atoms with E-state index in [1.165, 1.54) is 13.0 Å². The molecule has 0 radical (unpaired) electrons. The molecule has 0 saturated heterocycles. The van der Waals surface area contributed by atoms with E-state index < -0.39 is 17.3 Å². The molecule has 0 saturated carbocycles. The van der Waals surface area contributed by atoms with Crippen molar-refractivity contribution < 1.29 is 19.4 Å². The monoisotopic (exact) mass is 260 g/mol. The van der Waals surface area contributed by atoms with Crippen molar-refractivity contribution in [3.63, 3.8) is 0 Å². The molecule has 6 heteroatoms. The van der Waals surface area contributed by atoms with E-state index in [0.29, 0.717) is 5.69 Å². The number of para-hydroxylation sites is 1. The predicted molar refractivity (Wildman–Crippen MR) is 67.9 cm³/mol. The van der Waals surface area contributed by atoms with Crippen molar-refractivity contribution >= 4 is 23.3 Å². The van der Waals surface area contributed by atoms with Crippen LogP contribution in [0, 0.1) is 11.3 Å². The Hall–Kier alpha value is -2.81. The lowest BCUT2D eigenvalue weighted by Gasteiger charge is -2.09. The minimum Gasteiger partial charge on any atom is -0.506 e. The number of hydrogen-bond donors (Lipinski definition) is 2. The number of esters is 1. The molecule has 0 aliphatic heterocycles. The zero-order valence-corrected chi connectivity index (χ0v) is 10.4. The molecule has 0 fully saturated rings. The molecular formula is C13H12N2O4. The number of nitrogens with one attached hydrogen (secondary N) is 1. The van der Waals surface area contributed by atoms with E-state index >= 15 is 0 Å². The van der Waals surface area contributed by atoms with Crippen molar-refractivity contribution in [3.05, 3.63) is 35.4 Å². The first kappa shape index (κ1) is 14.3. The van der Waals surface area contributed by atoms with Crippen LogP contribution < -0.4 is 5.32 Å². The maximum atomic E-state index is 11.3. The van der Waals surface area contributed by atoms with Gasteiger partial charge in [0.2, 0.25) is 5.91 Å². The fourth-order valence-corrected chi connectivity index (χ4v) is 1.42. The predicted octanol–water partition coefficient (Wildman–Crippen LogP) is 1.61. The molecule has 1 aromatic carbocycles. The van der Waals surface area contributed by atoms with Crippen LogP contribution in [0.1, 0.15) is 12.5 Å². The van der Waals surface area contributed by atoms with Gasteiger partial charge in [-0.1, -0.05) is 12.1 Å². The van der Waals surface area contributed by atoms with Crippen molar-refractivity contribution in [2.24, 2.45) is 0 Å². The average molecular weight is 260 g/mol. The van der Waals surface area contributed by atoms with Gasteiger partial charge in [-0.05, 0) is 12.1 Å². The van der Waals surface area contributed by atoms with E-state index in [1.807, 2.05) is 0 Å². The van der Waals surface area contributed by atoms with E-state index in [9.17, 15) is 14.7 Å². The molecule has 2 N–H and O–H groups in total. The van der Waals surface area contributed by atoms with Crippen molar-refractivity contribution in [3.8, 4) is 6.07 Å². The van der Waals surface area contributed by atoms with E-state index in [0.717, 1.165) is 7.11 Å². The number of amides is 1. The summed E-state index contributed by atoms with van der Waals surface area (Å²) < 4.78 is 4.40. The smallest absolute Gasteiger partial charge is 0.352 e. The van der Waals surface area contributed by atoms with Crippen molar-refractivity contribution in [2.45, 2.75) is 6.92 Å². The molecule has 0 atom stereocenters. The molecule has 0 heterocycles. The lowest BCUT2D eigenvalue weighted by Crippen LogP contribution is -2.10. The largest absolute Gasteiger partial charge is 0.506 e. The van der Waals surface area contributed by atoms with Crippen molar-refractivity contribution in [2.75, 3.05) is 12.4 Å². The third kappa shape index (κ3) is 3.33. The highest BCUT2D eigenvalue weighted by molar-refractivity contribution is 6.02. The van der Waals surface area contributed by atoms with Gasteiger partial charge in [-0.25, -0.2) is 4.79 Å². The Labute approximate surface area is 109 Å². The Morgan fingerprint density at radius 1 is 1.37 bits per heavy atom. The topological polar surface area (TPSA) is 99.4 Å². The first-order valence-corrected chi connectivity index (χ1v) is 5.30. The normalized spacial score (nSPS) is 11.0. The zero-order chi connectivity index (χ0) is 14.4. The van der Waals surface area contributed by atoms with Gasteiger partial charge in [-0.15, -0.1) is 0 Å². The number of carbonyl (C=O) groups is 2. The summed E-state index contributed by atoms with van der Waals surface area (Å²) in [6.07, 6.45) is 0. The summed E-state index contributed by atoms with van der Waals surface area (Å²) in [6, 6.07) is 7.83. The van der Waals surface area contributed by atoms with Crippen LogP contribution in [0.25, 0.3) is 5.76 Å². The van der Waals surface area contributed by atoms with Gasteiger partial charge in [0, 0.05) is 12.5 Å². The maximum absolute atomic E-state index is 11.3. The Balaban J connectivity index is 3.36. The van der Waals surface area contributed by atoms with Gasteiger partial charge < -0.3 is 15.2 Å². The molecule has 1 rings (SSSR count). The van der Waals surface area contributed by atoms with Gasteiger partial charge in [0.25, 0.3) is 0 Å². The molecule has 98 valence electrons. The molecule has 6 nitrogen and oxygen atoms in total. The number of nitrogens with zero attached hydrogens (tertiary/aromatic N) is 1. The molecule has 1 amide bonds. The minimum atomic E-state index is -0.947. The zero-order valence-electron chi connectivity index (χ0n) is 10.4. The lowest BCUT2D eigenvalue weighted by atomic mass is 10.1. The molecule has 0 spiro atoms. The molecule has 0 aliphatic carbocycles. The van der Waals surface area contributed by atoms with Crippen LogP contribution in [0.2, 0.25) is 0 Å². The van der Waals surface area contributed by atoms with Crippen molar-refractivity contribution in [1.29, 1.82) is 5.26 Å². The molecule has 0 unspecified atom stereocenters. The van der Waals surface area contributed by atoms with Crippen LogP contribution in [0.3, 0.4) is 0 Å². The summed E-state index contributed by atoms with van der Waals surface area (Å²) in [5, 5.41) is 21.4. The highest BCUT2D eigenvalue weighted by Gasteiger charge is 2.19. The number of carbonyl (C=O) groups excluding carboxylic acids is 2. The van der Waals surface area contributed by atoms with Crippen molar-refractivity contribution in [1.82, 2.24) is 0 Å². The van der Waals surface area contributed by atoms with E-state index in [1.54, 1.807) is 24.3 Å². The Morgan fingerprint density at radius 2 is 2.00 bits per heavy atom. The summed E-state index contributed by atoms with van der Waals surface area (Å²) in [7, 11) is 1.10. The second-order valence-corrected chi connectivity index (χ2v) is 3.55. The van der Waals surface area contributed by atoms with Crippen LogP contribution in [-0.2, 0) is 14.3 Å². The fraction of sp³-hybridized carbons (Fsp3) is 0.154. The quantitative estimate of drug-likeness (QED) is 0.372. The summed E-state index contributed by atoms with van der Waals surface area (Å²) in [4.78, 5) is 22.4. The second-order valence-electron chi connectivity index (χ2n) is 3.55. The van der Waals surface area contributed by atoms with Gasteiger partial charge in [0.15, 0.2) is 5.57 Å². The molecule has 0 aliphatic rings. The summed E-state index contributed by atoms with van der Waals surface area (Å²) in [5.41, 5.74) is -0.0656. The number of benzene rings is 1. The first-order chi connectivity index (χ1) is 9.01. The number of methoxy groups -OCH3 is 1. The van der Waals surface area contributed by atoms with Crippen LogP contribution in [0.15, 0.2) is 29.8 Å². The van der Waals surface area contributed by atoms with Gasteiger partial charge in [0.1, 0.15) is 11.8 Å². The Bertz CT molecular complexity index is 585. The Kier molecular flexibility index (Phi) is 4.66. The average Bonchev–Trinajstić information content (AvgIpc) is 2.39. The summed E-state index contributed by atoms with van der Waals surface area (Å²) in [6.45, 7) is 1.31. The lowest BCUT2D eigenvalue weighted by molar-refractivity contribution is -0.135. The number of hydrogen-bond acceptors (Lipinski definition) is 5. The third-order valence-electron chi connectivity index (χ3n) is 2.23. The van der Waals surface area contributed by atoms with Gasteiger partial charge >= 0.3 is 5.97 Å². The first-order valence-electron chi connectivity index (χ1n) is 5.30. The number of aliphatic hydroxyl groups excluding tert-OH is 1. The molecule has 19 heavy (non-hydrogen) atoms. The highest BCUT2D eigenvalue weighted by atomic mass is 16.5. The van der Waals surface area contributed by atoms with Crippen LogP contribution in [0.4, 0.5) is 5.69 Å². The van der Waals surface area contributed by atoms with Crippen LogP contribution in [-0.4, -0.2) is 24.1 Å². The molecule has 1 aromatic rings. The second kappa shape index (κ2) is 6.21. The molecule has 0 aromatic heterocycles. The highest BCUT2D eigenvalue weighted by Crippen LogP contribution is 2.24. The molecule has 0 bridgehead atoms. The Morgan fingerprint density at radius 3 is 2.53 bits per heavy atom. The number of aliphatic hydroxyl groups is 1. The minimum absolute atomic E-state index is 0.166. The van der Waals surface area contributed by atoms with Gasteiger partial charge in [-0.2, -0.15) is 5.26 Å². The number of anilines is 1. The van der Waals surface area contributed by atoms with Crippen LogP contribution >= 0.6 is 0 Å². The van der Waals surface area contributed by atoms with Gasteiger partial charge in [0.05, 0.1) is 12.8 Å². The fourth-order valence-electron chi connectivity index (χ4n) is 1.42. The van der Waals surface area contributed by atoms with Crippen LogP contribution in [0.5, 0.6) is 0 Å². The van der Waals surface area contributed by atoms with E-state index in [2.05, 4.69) is 10.1 Å².